The summed E-state index contributed by atoms with van der Waals surface area (Å²) >= 11 is 1.71. The van der Waals surface area contributed by atoms with Crippen LogP contribution in [0.1, 0.15) is 28.4 Å². The van der Waals surface area contributed by atoms with E-state index in [0.717, 1.165) is 17.5 Å². The highest BCUT2D eigenvalue weighted by atomic mass is 32.1. The molecule has 0 saturated heterocycles. The molecule has 1 N–H and O–H groups in total. The molecule has 88 valence electrons. The molecule has 1 aromatic heterocycles. The second kappa shape index (κ2) is 4.72. The lowest BCUT2D eigenvalue weighted by atomic mass is 10.0. The zero-order valence-electron chi connectivity index (χ0n) is 9.86. The molecule has 0 saturated carbocycles. The van der Waals surface area contributed by atoms with E-state index in [1.807, 2.05) is 13.0 Å². The molecule has 0 bridgehead atoms. The van der Waals surface area contributed by atoms with Crippen molar-refractivity contribution in [3.63, 3.8) is 0 Å². The second-order valence-corrected chi connectivity index (χ2v) is 4.92. The summed E-state index contributed by atoms with van der Waals surface area (Å²) < 4.78 is 0. The Hall–Kier alpha value is -1.61. The lowest BCUT2D eigenvalue weighted by Gasteiger charge is -2.04. The number of carboxylic acid groups (broad SMARTS) is 1. The minimum absolute atomic E-state index is 0.346. The molecule has 0 aliphatic carbocycles. The van der Waals surface area contributed by atoms with Gasteiger partial charge in [0.1, 0.15) is 0 Å². The van der Waals surface area contributed by atoms with Crippen molar-refractivity contribution in [2.45, 2.75) is 20.3 Å². The molecule has 0 spiro atoms. The van der Waals surface area contributed by atoms with Crippen LogP contribution in [0.3, 0.4) is 0 Å². The average Bonchev–Trinajstić information content (AvgIpc) is 2.77. The van der Waals surface area contributed by atoms with Gasteiger partial charge in [-0.05, 0) is 53.6 Å². The van der Waals surface area contributed by atoms with E-state index in [1.165, 1.54) is 10.4 Å². The molecule has 17 heavy (non-hydrogen) atoms. The Kier molecular flexibility index (Phi) is 3.29. The minimum Gasteiger partial charge on any atom is -0.478 e. The van der Waals surface area contributed by atoms with E-state index in [1.54, 1.807) is 23.5 Å². The smallest absolute Gasteiger partial charge is 0.335 e. The lowest BCUT2D eigenvalue weighted by molar-refractivity contribution is 0.0697. The molecule has 0 fully saturated rings. The minimum atomic E-state index is -0.875. The SMILES string of the molecule is CCc1csc(-c2ccc(C(=O)O)cc2C)c1. The summed E-state index contributed by atoms with van der Waals surface area (Å²) in [4.78, 5) is 12.1. The van der Waals surface area contributed by atoms with E-state index in [0.29, 0.717) is 5.56 Å². The quantitative estimate of drug-likeness (QED) is 0.889. The van der Waals surface area contributed by atoms with Gasteiger partial charge in [0, 0.05) is 4.88 Å². The molecule has 1 aromatic carbocycles. The molecule has 0 amide bonds. The van der Waals surface area contributed by atoms with Crippen molar-refractivity contribution in [1.29, 1.82) is 0 Å². The molecular weight excluding hydrogens is 232 g/mol. The topological polar surface area (TPSA) is 37.3 Å². The molecule has 0 atom stereocenters. The Morgan fingerprint density at radius 3 is 2.65 bits per heavy atom. The first-order valence-electron chi connectivity index (χ1n) is 5.53. The van der Waals surface area contributed by atoms with Crippen LogP contribution < -0.4 is 0 Å². The summed E-state index contributed by atoms with van der Waals surface area (Å²) in [6, 6.07) is 7.45. The number of rotatable bonds is 3. The van der Waals surface area contributed by atoms with Crippen molar-refractivity contribution in [1.82, 2.24) is 0 Å². The zero-order valence-corrected chi connectivity index (χ0v) is 10.7. The summed E-state index contributed by atoms with van der Waals surface area (Å²) in [6.45, 7) is 4.08. The van der Waals surface area contributed by atoms with Crippen molar-refractivity contribution >= 4 is 17.3 Å². The van der Waals surface area contributed by atoms with Crippen LogP contribution >= 0.6 is 11.3 Å². The summed E-state index contributed by atoms with van der Waals surface area (Å²) in [5, 5.41) is 11.1. The van der Waals surface area contributed by atoms with Gasteiger partial charge in [-0.2, -0.15) is 0 Å². The van der Waals surface area contributed by atoms with E-state index in [9.17, 15) is 4.79 Å². The van der Waals surface area contributed by atoms with Crippen molar-refractivity contribution < 1.29 is 9.90 Å². The number of aryl methyl sites for hydroxylation is 2. The summed E-state index contributed by atoms with van der Waals surface area (Å²) in [5.41, 5.74) is 3.80. The Labute approximate surface area is 105 Å². The van der Waals surface area contributed by atoms with Crippen LogP contribution in [0.25, 0.3) is 10.4 Å². The normalized spacial score (nSPS) is 10.5. The first kappa shape index (κ1) is 11.9. The van der Waals surface area contributed by atoms with Crippen LogP contribution in [-0.2, 0) is 6.42 Å². The predicted octanol–water partition coefficient (Wildman–Crippen LogP) is 3.98. The highest BCUT2D eigenvalue weighted by molar-refractivity contribution is 7.13. The lowest BCUT2D eigenvalue weighted by Crippen LogP contribution is -1.96. The van der Waals surface area contributed by atoms with Gasteiger partial charge in [0.05, 0.1) is 5.56 Å². The molecular formula is C14H14O2S. The van der Waals surface area contributed by atoms with Gasteiger partial charge in [-0.25, -0.2) is 4.79 Å². The first-order valence-corrected chi connectivity index (χ1v) is 6.41. The van der Waals surface area contributed by atoms with Gasteiger partial charge < -0.3 is 5.11 Å². The van der Waals surface area contributed by atoms with Gasteiger partial charge in [0.2, 0.25) is 0 Å². The van der Waals surface area contributed by atoms with E-state index in [-0.39, 0.29) is 0 Å². The number of benzene rings is 1. The van der Waals surface area contributed by atoms with E-state index in [4.69, 9.17) is 5.11 Å². The zero-order chi connectivity index (χ0) is 12.4. The molecule has 0 unspecified atom stereocenters. The van der Waals surface area contributed by atoms with Gasteiger partial charge in [0.25, 0.3) is 0 Å². The fourth-order valence-electron chi connectivity index (χ4n) is 1.78. The molecule has 1 heterocycles. The Balaban J connectivity index is 2.42. The monoisotopic (exact) mass is 246 g/mol. The highest BCUT2D eigenvalue weighted by Gasteiger charge is 2.08. The predicted molar refractivity (Wildman–Crippen MR) is 70.8 cm³/mol. The molecule has 2 rings (SSSR count). The summed E-state index contributed by atoms with van der Waals surface area (Å²) in [5.74, 6) is -0.875. The van der Waals surface area contributed by atoms with Crippen LogP contribution in [0.4, 0.5) is 0 Å². The molecule has 0 aliphatic heterocycles. The van der Waals surface area contributed by atoms with E-state index >= 15 is 0 Å². The van der Waals surface area contributed by atoms with Gasteiger partial charge in [-0.3, -0.25) is 0 Å². The maximum Gasteiger partial charge on any atom is 0.335 e. The van der Waals surface area contributed by atoms with Crippen molar-refractivity contribution in [2.75, 3.05) is 0 Å². The van der Waals surface area contributed by atoms with Gasteiger partial charge >= 0.3 is 5.97 Å². The molecule has 2 nitrogen and oxygen atoms in total. The van der Waals surface area contributed by atoms with Gasteiger partial charge in [-0.15, -0.1) is 11.3 Å². The highest BCUT2D eigenvalue weighted by Crippen LogP contribution is 2.30. The fraction of sp³-hybridized carbons (Fsp3) is 0.214. The maximum absolute atomic E-state index is 10.9. The van der Waals surface area contributed by atoms with E-state index < -0.39 is 5.97 Å². The second-order valence-electron chi connectivity index (χ2n) is 4.01. The third-order valence-corrected chi connectivity index (χ3v) is 3.81. The van der Waals surface area contributed by atoms with Gasteiger partial charge in [-0.1, -0.05) is 13.0 Å². The number of hydrogen-bond acceptors (Lipinski definition) is 2. The Morgan fingerprint density at radius 2 is 2.12 bits per heavy atom. The average molecular weight is 246 g/mol. The molecule has 0 radical (unpaired) electrons. The van der Waals surface area contributed by atoms with Crippen LogP contribution in [-0.4, -0.2) is 11.1 Å². The maximum atomic E-state index is 10.9. The third kappa shape index (κ3) is 2.39. The van der Waals surface area contributed by atoms with Crippen LogP contribution in [0.15, 0.2) is 29.6 Å². The Bertz CT molecular complexity index is 555. The van der Waals surface area contributed by atoms with E-state index in [2.05, 4.69) is 18.4 Å². The number of thiophene rings is 1. The van der Waals surface area contributed by atoms with Gasteiger partial charge in [0.15, 0.2) is 0 Å². The largest absolute Gasteiger partial charge is 0.478 e. The number of hydrogen-bond donors (Lipinski definition) is 1. The number of aromatic carboxylic acids is 1. The Morgan fingerprint density at radius 1 is 1.35 bits per heavy atom. The van der Waals surface area contributed by atoms with Crippen LogP contribution in [0, 0.1) is 6.92 Å². The number of carboxylic acids is 1. The third-order valence-electron chi connectivity index (χ3n) is 2.80. The van der Waals surface area contributed by atoms with Crippen molar-refractivity contribution in [3.8, 4) is 10.4 Å². The number of carbonyl (C=O) groups is 1. The molecule has 0 aliphatic rings. The summed E-state index contributed by atoms with van der Waals surface area (Å²) in [6.07, 6.45) is 1.03. The molecule has 3 heteroatoms. The fourth-order valence-corrected chi connectivity index (χ4v) is 2.86. The van der Waals surface area contributed by atoms with Crippen LogP contribution in [0.5, 0.6) is 0 Å². The first-order chi connectivity index (χ1) is 8.11. The standard InChI is InChI=1S/C14H14O2S/c1-3-10-7-13(17-8-10)12-5-4-11(14(15)16)6-9(12)2/h4-8H,3H2,1-2H3,(H,15,16). The summed E-state index contributed by atoms with van der Waals surface area (Å²) in [7, 11) is 0. The molecule has 2 aromatic rings. The van der Waals surface area contributed by atoms with Crippen molar-refractivity contribution in [3.05, 3.63) is 46.3 Å². The van der Waals surface area contributed by atoms with Crippen molar-refractivity contribution in [2.24, 2.45) is 0 Å². The van der Waals surface area contributed by atoms with Crippen LogP contribution in [0.2, 0.25) is 0 Å².